The molecule has 3 N–H and O–H groups in total. The molecule has 5 fully saturated rings. The fourth-order valence-electron chi connectivity index (χ4n) is 9.36. The van der Waals surface area contributed by atoms with Crippen LogP contribution in [0.1, 0.15) is 59.2 Å². The molecule has 322 valence electrons. The van der Waals surface area contributed by atoms with Gasteiger partial charge in [0.05, 0.1) is 39.6 Å². The second-order valence-corrected chi connectivity index (χ2v) is 16.9. The number of nitrogens with zero attached hydrogens (tertiary/aromatic N) is 6. The van der Waals surface area contributed by atoms with Gasteiger partial charge in [0.2, 0.25) is 17.7 Å². The molecule has 10 rings (SSSR count). The number of amides is 5. The standard InChI is InChI=1S/C44H44ClF2N9O6/c1-2-39(57)51-35-17-30-34(48-23-49-41(30)50-25-4-5-32(46)31(45)14-25)19-38(35)62-13-3-10-53-11-8-24(9-12-53)20-55-26-15-27(55)22-54(21-26)37-18-29-28(16-33(37)47)43(60)56(44(29)61)36-6-7-40(58)52-42(36)59/h2,4-5,14,16-19,23-24,26-27,36H,1,3,6-13,15,20-22H2,(H,51,57)(H,48,49,50)(H,52,58,59). The van der Waals surface area contributed by atoms with Crippen LogP contribution in [0.3, 0.4) is 0 Å². The molecule has 7 heterocycles. The Hall–Kier alpha value is -6.04. The van der Waals surface area contributed by atoms with E-state index in [2.05, 4.69) is 42.3 Å². The smallest absolute Gasteiger partial charge is 0.262 e. The maximum atomic E-state index is 15.6. The Kier molecular flexibility index (Phi) is 11.3. The van der Waals surface area contributed by atoms with Gasteiger partial charge in [-0.25, -0.2) is 18.7 Å². The zero-order chi connectivity index (χ0) is 43.2. The number of carbonyl (C=O) groups is 5. The number of nitrogens with one attached hydrogen (secondary N) is 3. The summed E-state index contributed by atoms with van der Waals surface area (Å²) in [5.74, 6) is -2.61. The van der Waals surface area contributed by atoms with Crippen molar-refractivity contribution in [1.82, 2.24) is 30.0 Å². The molecule has 6 aliphatic rings. The molecule has 5 amide bonds. The number of imide groups is 2. The van der Waals surface area contributed by atoms with Gasteiger partial charge in [-0.05, 0) is 93.6 Å². The van der Waals surface area contributed by atoms with Gasteiger partial charge in [0.15, 0.2) is 0 Å². The van der Waals surface area contributed by atoms with Crippen LogP contribution in [-0.4, -0.2) is 118 Å². The van der Waals surface area contributed by atoms with Gasteiger partial charge in [0.1, 0.15) is 35.6 Å². The molecule has 0 aliphatic carbocycles. The summed E-state index contributed by atoms with van der Waals surface area (Å²) in [6.07, 6.45) is 6.53. The predicted octanol–water partition coefficient (Wildman–Crippen LogP) is 5.27. The van der Waals surface area contributed by atoms with Crippen molar-refractivity contribution >= 4 is 74.9 Å². The molecule has 15 nitrogen and oxygen atoms in total. The van der Waals surface area contributed by atoms with E-state index >= 15 is 4.39 Å². The van der Waals surface area contributed by atoms with Gasteiger partial charge < -0.3 is 25.2 Å². The molecule has 4 aromatic rings. The van der Waals surface area contributed by atoms with E-state index in [1.54, 1.807) is 18.2 Å². The third-order valence-electron chi connectivity index (χ3n) is 12.6. The molecule has 18 heteroatoms. The molecule has 3 aromatic carbocycles. The lowest BCUT2D eigenvalue weighted by Crippen LogP contribution is -2.69. The van der Waals surface area contributed by atoms with Crippen molar-refractivity contribution in [3.63, 3.8) is 0 Å². The minimum atomic E-state index is -1.11. The average Bonchev–Trinajstić information content (AvgIpc) is 3.50. The first-order valence-electron chi connectivity index (χ1n) is 20.8. The number of benzene rings is 3. The van der Waals surface area contributed by atoms with Gasteiger partial charge in [0, 0.05) is 61.8 Å². The molecule has 3 atom stereocenters. The lowest BCUT2D eigenvalue weighted by molar-refractivity contribution is -0.136. The quantitative estimate of drug-likeness (QED) is 0.0906. The number of ether oxygens (including phenoxy) is 1. The Balaban J connectivity index is 0.755. The van der Waals surface area contributed by atoms with E-state index in [9.17, 15) is 28.4 Å². The maximum Gasteiger partial charge on any atom is 0.262 e. The first-order chi connectivity index (χ1) is 29.9. The topological polar surface area (TPSA) is 169 Å². The number of aromatic nitrogens is 2. The number of rotatable bonds is 13. The SMILES string of the molecule is C=CC(=O)Nc1cc2c(Nc3ccc(F)c(Cl)c3)ncnc2cc1OCCCN1CCC(CN2C3CC2CN(c2cc4c(cc2F)C(=O)N(C2CCC(=O)NC2=O)C4=O)C3)CC1. The van der Waals surface area contributed by atoms with Crippen LogP contribution in [-0.2, 0) is 14.4 Å². The van der Waals surface area contributed by atoms with Crippen molar-refractivity contribution in [2.45, 2.75) is 56.7 Å². The first kappa shape index (κ1) is 41.3. The highest BCUT2D eigenvalue weighted by molar-refractivity contribution is 6.31. The molecule has 1 aromatic heterocycles. The number of fused-ring (bicyclic) bond motifs is 4. The molecule has 6 aliphatic heterocycles. The third kappa shape index (κ3) is 8.07. The fourth-order valence-corrected chi connectivity index (χ4v) is 9.54. The fraction of sp³-hybridized carbons (Fsp3) is 0.386. The summed E-state index contributed by atoms with van der Waals surface area (Å²) >= 11 is 5.98. The number of halogens is 3. The van der Waals surface area contributed by atoms with Crippen molar-refractivity contribution in [2.75, 3.05) is 61.4 Å². The van der Waals surface area contributed by atoms with Crippen molar-refractivity contribution in [3.05, 3.63) is 89.2 Å². The van der Waals surface area contributed by atoms with Gasteiger partial charge >= 0.3 is 0 Å². The van der Waals surface area contributed by atoms with Crippen LogP contribution < -0.4 is 25.6 Å². The van der Waals surface area contributed by atoms with Crippen LogP contribution in [0.4, 0.5) is 31.7 Å². The van der Waals surface area contributed by atoms with Crippen molar-refractivity contribution in [2.24, 2.45) is 5.92 Å². The summed E-state index contributed by atoms with van der Waals surface area (Å²) in [6, 6.07) is 9.71. The second kappa shape index (κ2) is 17.0. The highest BCUT2D eigenvalue weighted by Crippen LogP contribution is 2.40. The molecule has 0 spiro atoms. The van der Waals surface area contributed by atoms with E-state index in [-0.39, 0.29) is 46.8 Å². The molecular weight excluding hydrogens is 824 g/mol. The summed E-state index contributed by atoms with van der Waals surface area (Å²) in [5, 5.41) is 8.72. The van der Waals surface area contributed by atoms with Crippen LogP contribution in [0.15, 0.2) is 61.4 Å². The number of hydrogen-bond donors (Lipinski definition) is 3. The molecule has 2 bridgehead atoms. The van der Waals surface area contributed by atoms with E-state index < -0.39 is 47.2 Å². The van der Waals surface area contributed by atoms with Crippen LogP contribution >= 0.6 is 11.6 Å². The summed E-state index contributed by atoms with van der Waals surface area (Å²) < 4.78 is 35.6. The van der Waals surface area contributed by atoms with Crippen LogP contribution in [0.5, 0.6) is 5.75 Å². The Bertz CT molecular complexity index is 2510. The maximum absolute atomic E-state index is 15.6. The van der Waals surface area contributed by atoms with Crippen LogP contribution in [0.25, 0.3) is 10.9 Å². The van der Waals surface area contributed by atoms with Gasteiger partial charge in [-0.1, -0.05) is 18.2 Å². The third-order valence-corrected chi connectivity index (χ3v) is 12.9. The highest BCUT2D eigenvalue weighted by atomic mass is 35.5. The monoisotopic (exact) mass is 867 g/mol. The number of piperidine rings is 3. The molecule has 62 heavy (non-hydrogen) atoms. The second-order valence-electron chi connectivity index (χ2n) is 16.5. The molecule has 0 saturated carbocycles. The normalized spacial score (nSPS) is 21.8. The van der Waals surface area contributed by atoms with Crippen LogP contribution in [0, 0.1) is 17.6 Å². The molecule has 3 unspecified atom stereocenters. The van der Waals surface area contributed by atoms with Crippen LogP contribution in [0.2, 0.25) is 5.02 Å². The number of piperazine rings is 1. The van der Waals surface area contributed by atoms with Gasteiger partial charge in [0.25, 0.3) is 11.8 Å². The summed E-state index contributed by atoms with van der Waals surface area (Å²) in [7, 11) is 0. The minimum Gasteiger partial charge on any atom is -0.491 e. The predicted molar refractivity (Wildman–Crippen MR) is 227 cm³/mol. The minimum absolute atomic E-state index is 0.0125. The Morgan fingerprint density at radius 2 is 1.73 bits per heavy atom. The van der Waals surface area contributed by atoms with E-state index in [1.807, 2.05) is 4.90 Å². The summed E-state index contributed by atoms with van der Waals surface area (Å²) in [5.41, 5.74) is 1.84. The van der Waals surface area contributed by atoms with Crippen molar-refractivity contribution < 1.29 is 37.5 Å². The van der Waals surface area contributed by atoms with Gasteiger partial charge in [-0.2, -0.15) is 0 Å². The number of anilines is 4. The zero-order valence-corrected chi connectivity index (χ0v) is 34.4. The van der Waals surface area contributed by atoms with Crippen molar-refractivity contribution in [3.8, 4) is 5.75 Å². The number of carbonyl (C=O) groups excluding carboxylic acids is 5. The number of likely N-dealkylation sites (tertiary alicyclic amines) is 1. The highest BCUT2D eigenvalue weighted by Gasteiger charge is 2.48. The molecular formula is C44H44ClF2N9O6. The average molecular weight is 868 g/mol. The zero-order valence-electron chi connectivity index (χ0n) is 33.7. The van der Waals surface area contributed by atoms with Gasteiger partial charge in [-0.3, -0.25) is 39.1 Å². The van der Waals surface area contributed by atoms with E-state index in [0.29, 0.717) is 59.5 Å². The first-order valence-corrected chi connectivity index (χ1v) is 21.2. The molecule has 5 saturated heterocycles. The van der Waals surface area contributed by atoms with Crippen molar-refractivity contribution in [1.29, 1.82) is 0 Å². The molecule has 0 radical (unpaired) electrons. The van der Waals surface area contributed by atoms with E-state index in [1.165, 1.54) is 30.6 Å². The summed E-state index contributed by atoms with van der Waals surface area (Å²) in [4.78, 5) is 79.6. The lowest BCUT2D eigenvalue weighted by atomic mass is 9.84. The van der Waals surface area contributed by atoms with E-state index in [4.69, 9.17) is 16.3 Å². The lowest BCUT2D eigenvalue weighted by Gasteiger charge is -2.58. The Morgan fingerprint density at radius 3 is 2.45 bits per heavy atom. The number of hydrogen-bond acceptors (Lipinski definition) is 12. The van der Waals surface area contributed by atoms with Gasteiger partial charge in [-0.15, -0.1) is 0 Å². The Labute approximate surface area is 360 Å². The largest absolute Gasteiger partial charge is 0.491 e. The Morgan fingerprint density at radius 1 is 0.968 bits per heavy atom. The summed E-state index contributed by atoms with van der Waals surface area (Å²) in [6.45, 7) is 8.94. The van der Waals surface area contributed by atoms with E-state index in [0.717, 1.165) is 62.8 Å².